The summed E-state index contributed by atoms with van der Waals surface area (Å²) >= 11 is 0. The van der Waals surface area contributed by atoms with Gasteiger partial charge in [-0.1, -0.05) is 35.5 Å². The molecule has 1 aromatic carbocycles. The first-order valence-electron chi connectivity index (χ1n) is 6.80. The van der Waals surface area contributed by atoms with E-state index in [-0.39, 0.29) is 30.2 Å². The second kappa shape index (κ2) is 6.73. The Hall–Kier alpha value is -2.17. The summed E-state index contributed by atoms with van der Waals surface area (Å²) in [6.45, 7) is 3.49. The van der Waals surface area contributed by atoms with Crippen molar-refractivity contribution in [2.75, 3.05) is 6.54 Å². The van der Waals surface area contributed by atoms with Gasteiger partial charge in [0.25, 0.3) is 0 Å². The monoisotopic (exact) mass is 319 g/mol. The molecular formula is C15H17N3O3S. The predicted octanol–water partition coefficient (Wildman–Crippen LogP) is 2.40. The molecule has 2 aromatic rings. The van der Waals surface area contributed by atoms with Crippen molar-refractivity contribution in [1.82, 2.24) is 9.46 Å². The number of hydrogen-bond donors (Lipinski definition) is 0. The Kier molecular flexibility index (Phi) is 4.96. The molecule has 0 N–H and O–H groups in total. The van der Waals surface area contributed by atoms with E-state index in [2.05, 4.69) is 5.16 Å². The molecule has 6 nitrogen and oxygen atoms in total. The normalized spacial score (nSPS) is 11.5. The number of aryl methyl sites for hydroxylation is 2. The van der Waals surface area contributed by atoms with Gasteiger partial charge in [-0.05, 0) is 19.4 Å². The maximum Gasteiger partial charge on any atom is 0.248 e. The Labute approximate surface area is 130 Å². The molecule has 22 heavy (non-hydrogen) atoms. The van der Waals surface area contributed by atoms with Crippen LogP contribution in [0.3, 0.4) is 0 Å². The molecule has 0 aliphatic carbocycles. The molecule has 2 rings (SSSR count). The Morgan fingerprint density at radius 2 is 1.95 bits per heavy atom. The lowest BCUT2D eigenvalue weighted by molar-refractivity contribution is 0.387. The third-order valence-electron chi connectivity index (χ3n) is 3.24. The summed E-state index contributed by atoms with van der Waals surface area (Å²) in [5, 5.41) is 12.5. The first kappa shape index (κ1) is 16.2. The highest BCUT2D eigenvalue weighted by molar-refractivity contribution is 7.89. The van der Waals surface area contributed by atoms with Crippen LogP contribution in [0, 0.1) is 25.2 Å². The molecule has 0 unspecified atom stereocenters. The van der Waals surface area contributed by atoms with E-state index in [0.717, 1.165) is 5.56 Å². The van der Waals surface area contributed by atoms with Crippen LogP contribution >= 0.6 is 0 Å². The van der Waals surface area contributed by atoms with Crippen LogP contribution in [-0.4, -0.2) is 24.4 Å². The van der Waals surface area contributed by atoms with Crippen LogP contribution in [0.4, 0.5) is 0 Å². The zero-order valence-electron chi connectivity index (χ0n) is 12.5. The van der Waals surface area contributed by atoms with E-state index in [1.165, 1.54) is 4.31 Å². The molecule has 0 amide bonds. The van der Waals surface area contributed by atoms with Crippen molar-refractivity contribution in [3.05, 3.63) is 47.3 Å². The summed E-state index contributed by atoms with van der Waals surface area (Å²) in [7, 11) is -3.76. The molecule has 0 aliphatic rings. The van der Waals surface area contributed by atoms with E-state index in [4.69, 9.17) is 9.78 Å². The lowest BCUT2D eigenvalue weighted by Crippen LogP contribution is -2.32. The fraction of sp³-hybridized carbons (Fsp3) is 0.333. The third kappa shape index (κ3) is 3.35. The zero-order valence-corrected chi connectivity index (χ0v) is 13.3. The van der Waals surface area contributed by atoms with Gasteiger partial charge in [0.1, 0.15) is 10.6 Å². The van der Waals surface area contributed by atoms with Crippen molar-refractivity contribution < 1.29 is 12.9 Å². The van der Waals surface area contributed by atoms with Gasteiger partial charge in [0.05, 0.1) is 6.07 Å². The van der Waals surface area contributed by atoms with Gasteiger partial charge >= 0.3 is 0 Å². The first-order chi connectivity index (χ1) is 10.5. The minimum Gasteiger partial charge on any atom is -0.360 e. The van der Waals surface area contributed by atoms with Crippen LogP contribution in [0.25, 0.3) is 0 Å². The van der Waals surface area contributed by atoms with Crippen molar-refractivity contribution in [1.29, 1.82) is 5.26 Å². The largest absolute Gasteiger partial charge is 0.360 e. The van der Waals surface area contributed by atoms with Crippen LogP contribution in [0.2, 0.25) is 0 Å². The second-order valence-electron chi connectivity index (χ2n) is 4.89. The Morgan fingerprint density at radius 1 is 1.27 bits per heavy atom. The van der Waals surface area contributed by atoms with Crippen molar-refractivity contribution in [3.63, 3.8) is 0 Å². The van der Waals surface area contributed by atoms with Gasteiger partial charge in [0, 0.05) is 19.5 Å². The molecular weight excluding hydrogens is 302 g/mol. The number of benzene rings is 1. The highest BCUT2D eigenvalue weighted by Gasteiger charge is 2.30. The highest BCUT2D eigenvalue weighted by Crippen LogP contribution is 2.24. The van der Waals surface area contributed by atoms with E-state index in [1.807, 2.05) is 36.4 Å². The number of nitriles is 1. The maximum absolute atomic E-state index is 12.9. The number of nitrogens with zero attached hydrogens (tertiary/aromatic N) is 3. The van der Waals surface area contributed by atoms with Crippen molar-refractivity contribution in [2.45, 2.75) is 31.7 Å². The summed E-state index contributed by atoms with van der Waals surface area (Å²) in [5.41, 5.74) is 1.18. The van der Waals surface area contributed by atoms with E-state index in [9.17, 15) is 8.42 Å². The molecule has 1 aromatic heterocycles. The van der Waals surface area contributed by atoms with E-state index in [1.54, 1.807) is 13.8 Å². The number of hydrogen-bond acceptors (Lipinski definition) is 5. The van der Waals surface area contributed by atoms with Gasteiger partial charge in [-0.15, -0.1) is 0 Å². The standard InChI is InChI=1S/C15H17N3O3S/c1-12-15(13(2)21-17-12)22(19,20)18(10-6-9-16)11-14-7-4-3-5-8-14/h3-5,7-8H,6,10-11H2,1-2H3. The maximum atomic E-state index is 12.9. The van der Waals surface area contributed by atoms with Gasteiger partial charge in [0.15, 0.2) is 5.76 Å². The van der Waals surface area contributed by atoms with Crippen LogP contribution in [0.5, 0.6) is 0 Å². The van der Waals surface area contributed by atoms with Gasteiger partial charge in [-0.3, -0.25) is 0 Å². The van der Waals surface area contributed by atoms with E-state index in [0.29, 0.717) is 5.69 Å². The smallest absolute Gasteiger partial charge is 0.248 e. The second-order valence-corrected chi connectivity index (χ2v) is 6.76. The van der Waals surface area contributed by atoms with E-state index < -0.39 is 10.0 Å². The summed E-state index contributed by atoms with van der Waals surface area (Å²) in [4.78, 5) is 0.0846. The summed E-state index contributed by atoms with van der Waals surface area (Å²) in [6.07, 6.45) is 0.120. The molecule has 0 radical (unpaired) electrons. The average molecular weight is 319 g/mol. The minimum absolute atomic E-state index is 0.0846. The Bertz CT molecular complexity index is 757. The molecule has 0 spiro atoms. The zero-order chi connectivity index (χ0) is 16.2. The lowest BCUT2D eigenvalue weighted by atomic mass is 10.2. The lowest BCUT2D eigenvalue weighted by Gasteiger charge is -2.21. The molecule has 0 aliphatic heterocycles. The number of aromatic nitrogens is 1. The average Bonchev–Trinajstić information content (AvgIpc) is 2.84. The molecule has 0 bridgehead atoms. The number of rotatable bonds is 6. The molecule has 0 saturated heterocycles. The highest BCUT2D eigenvalue weighted by atomic mass is 32.2. The van der Waals surface area contributed by atoms with Crippen LogP contribution in [0.1, 0.15) is 23.4 Å². The molecule has 116 valence electrons. The van der Waals surface area contributed by atoms with Crippen molar-refractivity contribution >= 4 is 10.0 Å². The Morgan fingerprint density at radius 3 is 2.50 bits per heavy atom. The SMILES string of the molecule is Cc1noc(C)c1S(=O)(=O)N(CCC#N)Cc1ccccc1. The van der Waals surface area contributed by atoms with Crippen LogP contribution in [-0.2, 0) is 16.6 Å². The van der Waals surface area contributed by atoms with Gasteiger partial charge in [-0.25, -0.2) is 8.42 Å². The van der Waals surface area contributed by atoms with Crippen molar-refractivity contribution in [3.8, 4) is 6.07 Å². The minimum atomic E-state index is -3.76. The van der Waals surface area contributed by atoms with Crippen LogP contribution in [0.15, 0.2) is 39.8 Å². The fourth-order valence-corrected chi connectivity index (χ4v) is 3.94. The molecule has 7 heteroatoms. The fourth-order valence-electron chi connectivity index (χ4n) is 2.22. The van der Waals surface area contributed by atoms with Gasteiger partial charge in [0.2, 0.25) is 10.0 Å². The van der Waals surface area contributed by atoms with Crippen LogP contribution < -0.4 is 0 Å². The summed E-state index contributed by atoms with van der Waals surface area (Å²) in [6, 6.07) is 11.2. The molecule has 0 saturated carbocycles. The summed E-state index contributed by atoms with van der Waals surface area (Å²) in [5.74, 6) is 0.257. The molecule has 0 fully saturated rings. The van der Waals surface area contributed by atoms with Gasteiger partial charge < -0.3 is 4.52 Å². The summed E-state index contributed by atoms with van der Waals surface area (Å²) < 4.78 is 32.0. The predicted molar refractivity (Wildman–Crippen MR) is 80.2 cm³/mol. The molecule has 0 atom stereocenters. The quantitative estimate of drug-likeness (QED) is 0.816. The Balaban J connectivity index is 2.38. The van der Waals surface area contributed by atoms with Gasteiger partial charge in [-0.2, -0.15) is 9.57 Å². The van der Waals surface area contributed by atoms with E-state index >= 15 is 0 Å². The van der Waals surface area contributed by atoms with Crippen molar-refractivity contribution in [2.24, 2.45) is 0 Å². The topological polar surface area (TPSA) is 87.2 Å². The molecule has 1 heterocycles. The first-order valence-corrected chi connectivity index (χ1v) is 8.24. The third-order valence-corrected chi connectivity index (χ3v) is 5.33. The number of sulfonamides is 1.